The Hall–Kier alpha value is -2.76. The molecule has 2 amide bonds. The van der Waals surface area contributed by atoms with Gasteiger partial charge >= 0.3 is 0 Å². The predicted molar refractivity (Wildman–Crippen MR) is 125 cm³/mol. The number of likely N-dealkylation sites (tertiary alicyclic amines) is 1. The molecule has 3 heterocycles. The van der Waals surface area contributed by atoms with E-state index in [-0.39, 0.29) is 11.8 Å². The number of nitrogens with zero attached hydrogens (tertiary/aromatic N) is 3. The highest BCUT2D eigenvalue weighted by Gasteiger charge is 2.27. The molecule has 0 unspecified atom stereocenters. The maximum atomic E-state index is 12.9. The lowest BCUT2D eigenvalue weighted by Crippen LogP contribution is -2.39. The summed E-state index contributed by atoms with van der Waals surface area (Å²) >= 11 is 0. The summed E-state index contributed by atoms with van der Waals surface area (Å²) in [7, 11) is 1.60. The minimum absolute atomic E-state index is 0.192. The summed E-state index contributed by atoms with van der Waals surface area (Å²) in [5.41, 5.74) is 4.42. The summed E-state index contributed by atoms with van der Waals surface area (Å²) in [6, 6.07) is 7.85. The molecule has 0 aromatic carbocycles. The van der Waals surface area contributed by atoms with Gasteiger partial charge < -0.3 is 10.2 Å². The highest BCUT2D eigenvalue weighted by Crippen LogP contribution is 2.31. The number of rotatable bonds is 6. The molecule has 2 aliphatic rings. The fourth-order valence-corrected chi connectivity index (χ4v) is 5.13. The summed E-state index contributed by atoms with van der Waals surface area (Å²) in [5.74, 6) is 1.13. The average molecular weight is 435 g/mol. The van der Waals surface area contributed by atoms with Gasteiger partial charge in [0.2, 0.25) is 5.91 Å². The van der Waals surface area contributed by atoms with E-state index in [9.17, 15) is 9.59 Å². The number of amides is 2. The monoisotopic (exact) mass is 434 g/mol. The number of nitrogens with one attached hydrogen (secondary N) is 1. The van der Waals surface area contributed by atoms with E-state index in [4.69, 9.17) is 4.98 Å². The Balaban J connectivity index is 1.45. The molecule has 1 saturated heterocycles. The lowest BCUT2D eigenvalue weighted by molar-refractivity contribution is -0.132. The quantitative estimate of drug-likeness (QED) is 0.727. The Labute approximate surface area is 190 Å². The Morgan fingerprint density at radius 3 is 2.62 bits per heavy atom. The van der Waals surface area contributed by atoms with Crippen LogP contribution in [0.3, 0.4) is 0 Å². The first kappa shape index (κ1) is 22.4. The molecular formula is C26H34N4O2. The van der Waals surface area contributed by atoms with Crippen LogP contribution in [0.4, 0.5) is 0 Å². The molecule has 1 atom stereocenters. The lowest BCUT2D eigenvalue weighted by atomic mass is 9.92. The van der Waals surface area contributed by atoms with Crippen LogP contribution in [0.15, 0.2) is 30.5 Å². The molecule has 6 heteroatoms. The molecule has 2 fully saturated rings. The first-order valence-corrected chi connectivity index (χ1v) is 12.0. The Kier molecular flexibility index (Phi) is 7.18. The van der Waals surface area contributed by atoms with Gasteiger partial charge in [0.15, 0.2) is 0 Å². The van der Waals surface area contributed by atoms with Crippen LogP contribution in [0.25, 0.3) is 11.1 Å². The third-order valence-electron chi connectivity index (χ3n) is 6.96. The minimum atomic E-state index is -0.192. The Morgan fingerprint density at radius 1 is 1.09 bits per heavy atom. The van der Waals surface area contributed by atoms with Crippen LogP contribution in [0, 0.1) is 12.8 Å². The summed E-state index contributed by atoms with van der Waals surface area (Å²) in [5, 5.41) is 2.60. The van der Waals surface area contributed by atoms with Gasteiger partial charge in [-0.2, -0.15) is 0 Å². The molecule has 1 aliphatic heterocycles. The van der Waals surface area contributed by atoms with Crippen LogP contribution in [0.5, 0.6) is 0 Å². The van der Waals surface area contributed by atoms with Crippen LogP contribution < -0.4 is 5.32 Å². The van der Waals surface area contributed by atoms with Crippen LogP contribution in [0.1, 0.15) is 79.2 Å². The van der Waals surface area contributed by atoms with Crippen molar-refractivity contribution in [2.75, 3.05) is 20.1 Å². The zero-order valence-electron chi connectivity index (χ0n) is 19.3. The van der Waals surface area contributed by atoms with Gasteiger partial charge in [0.05, 0.1) is 0 Å². The first-order valence-electron chi connectivity index (χ1n) is 12.0. The van der Waals surface area contributed by atoms with Gasteiger partial charge in [0, 0.05) is 55.6 Å². The van der Waals surface area contributed by atoms with Crippen molar-refractivity contribution in [1.82, 2.24) is 20.2 Å². The van der Waals surface area contributed by atoms with Gasteiger partial charge in [-0.1, -0.05) is 31.7 Å². The Morgan fingerprint density at radius 2 is 1.91 bits per heavy atom. The average Bonchev–Trinajstić information content (AvgIpc) is 3.35. The van der Waals surface area contributed by atoms with Crippen molar-refractivity contribution in [3.8, 4) is 11.1 Å². The highest BCUT2D eigenvalue weighted by molar-refractivity contribution is 5.92. The third kappa shape index (κ3) is 5.34. The van der Waals surface area contributed by atoms with Crippen molar-refractivity contribution in [2.45, 2.75) is 64.2 Å². The van der Waals surface area contributed by atoms with Crippen molar-refractivity contribution in [3.63, 3.8) is 0 Å². The van der Waals surface area contributed by atoms with E-state index in [1.807, 2.05) is 19.1 Å². The number of piperidine rings is 1. The minimum Gasteiger partial charge on any atom is -0.354 e. The van der Waals surface area contributed by atoms with Crippen molar-refractivity contribution < 1.29 is 9.59 Å². The van der Waals surface area contributed by atoms with Crippen LogP contribution >= 0.6 is 0 Å². The molecule has 2 aromatic heterocycles. The smallest absolute Gasteiger partial charge is 0.269 e. The fourth-order valence-electron chi connectivity index (χ4n) is 5.13. The van der Waals surface area contributed by atoms with E-state index < -0.39 is 0 Å². The van der Waals surface area contributed by atoms with E-state index in [1.54, 1.807) is 19.3 Å². The fraction of sp³-hybridized carbons (Fsp3) is 0.538. The SMILES string of the molecule is CNC(=O)c1ccc(-c2cc(C)nc([C@@H]3CCCN(C(=O)CCC4CCCC4)C3)c2)cn1. The molecular weight excluding hydrogens is 400 g/mol. The van der Waals surface area contributed by atoms with E-state index in [0.717, 1.165) is 60.8 Å². The number of aryl methyl sites for hydroxylation is 1. The molecule has 1 N–H and O–H groups in total. The number of hydrogen-bond donors (Lipinski definition) is 1. The molecule has 0 spiro atoms. The van der Waals surface area contributed by atoms with Crippen LogP contribution in [-0.4, -0.2) is 46.8 Å². The highest BCUT2D eigenvalue weighted by atomic mass is 16.2. The van der Waals surface area contributed by atoms with E-state index in [1.165, 1.54) is 25.7 Å². The zero-order chi connectivity index (χ0) is 22.5. The second kappa shape index (κ2) is 10.2. The first-order chi connectivity index (χ1) is 15.5. The topological polar surface area (TPSA) is 75.2 Å². The molecule has 4 rings (SSSR count). The third-order valence-corrected chi connectivity index (χ3v) is 6.96. The molecule has 0 bridgehead atoms. The predicted octanol–water partition coefficient (Wildman–Crippen LogP) is 4.49. The number of aromatic nitrogens is 2. The molecule has 1 saturated carbocycles. The van der Waals surface area contributed by atoms with Gasteiger partial charge in [-0.05, 0) is 55.9 Å². The zero-order valence-corrected chi connectivity index (χ0v) is 19.3. The number of hydrogen-bond acceptors (Lipinski definition) is 4. The van der Waals surface area contributed by atoms with E-state index in [2.05, 4.69) is 21.3 Å². The maximum Gasteiger partial charge on any atom is 0.269 e. The van der Waals surface area contributed by atoms with Crippen LogP contribution in [0.2, 0.25) is 0 Å². The van der Waals surface area contributed by atoms with Gasteiger partial charge in [-0.3, -0.25) is 19.6 Å². The van der Waals surface area contributed by atoms with Crippen molar-refractivity contribution in [1.29, 1.82) is 0 Å². The van der Waals surface area contributed by atoms with Crippen molar-refractivity contribution >= 4 is 11.8 Å². The number of carbonyl (C=O) groups is 2. The molecule has 32 heavy (non-hydrogen) atoms. The summed E-state index contributed by atoms with van der Waals surface area (Å²) < 4.78 is 0. The second-order valence-corrected chi connectivity index (χ2v) is 9.30. The lowest BCUT2D eigenvalue weighted by Gasteiger charge is -2.33. The largest absolute Gasteiger partial charge is 0.354 e. The van der Waals surface area contributed by atoms with Gasteiger partial charge in [0.25, 0.3) is 5.91 Å². The van der Waals surface area contributed by atoms with Gasteiger partial charge in [0.1, 0.15) is 5.69 Å². The van der Waals surface area contributed by atoms with E-state index in [0.29, 0.717) is 18.0 Å². The summed E-state index contributed by atoms with van der Waals surface area (Å²) in [6.45, 7) is 3.63. The summed E-state index contributed by atoms with van der Waals surface area (Å²) in [6.07, 6.45) is 10.8. The van der Waals surface area contributed by atoms with E-state index >= 15 is 0 Å². The maximum absolute atomic E-state index is 12.9. The molecule has 0 radical (unpaired) electrons. The Bertz CT molecular complexity index is 951. The molecule has 2 aromatic rings. The molecule has 170 valence electrons. The standard InChI is InChI=1S/C26H34N4O2/c1-18-14-22(20-10-11-23(28-16-20)26(32)27-2)15-24(29-18)21-8-5-13-30(17-21)25(31)12-9-19-6-3-4-7-19/h10-11,14-16,19,21H,3-9,12-13,17H2,1-2H3,(H,27,32)/t21-/m1/s1. The van der Waals surface area contributed by atoms with Gasteiger partial charge in [-0.15, -0.1) is 0 Å². The summed E-state index contributed by atoms with van der Waals surface area (Å²) in [4.78, 5) is 35.8. The second-order valence-electron chi connectivity index (χ2n) is 9.30. The normalized spacial score (nSPS) is 19.2. The number of pyridine rings is 2. The van der Waals surface area contributed by atoms with Crippen LogP contribution in [-0.2, 0) is 4.79 Å². The van der Waals surface area contributed by atoms with Gasteiger partial charge in [-0.25, -0.2) is 0 Å². The number of carbonyl (C=O) groups excluding carboxylic acids is 2. The molecule has 1 aliphatic carbocycles. The molecule has 6 nitrogen and oxygen atoms in total. The van der Waals surface area contributed by atoms with Crippen molar-refractivity contribution in [3.05, 3.63) is 47.5 Å². The van der Waals surface area contributed by atoms with Crippen molar-refractivity contribution in [2.24, 2.45) is 5.92 Å².